The second kappa shape index (κ2) is 5.69. The van der Waals surface area contributed by atoms with E-state index in [4.69, 9.17) is 4.74 Å². The van der Waals surface area contributed by atoms with Crippen LogP contribution >= 0.6 is 0 Å². The van der Waals surface area contributed by atoms with Gasteiger partial charge in [-0.15, -0.1) is 0 Å². The van der Waals surface area contributed by atoms with E-state index in [2.05, 4.69) is 4.74 Å². The van der Waals surface area contributed by atoms with Crippen LogP contribution in [0.3, 0.4) is 0 Å². The molecular formula is C13H17NO5. The van der Waals surface area contributed by atoms with E-state index in [1.165, 1.54) is 13.2 Å². The molecule has 0 atom stereocenters. The van der Waals surface area contributed by atoms with Crippen molar-refractivity contribution < 1.29 is 19.2 Å². The minimum atomic E-state index is -0.869. The summed E-state index contributed by atoms with van der Waals surface area (Å²) in [5, 5.41) is 10.9. The summed E-state index contributed by atoms with van der Waals surface area (Å²) in [6, 6.07) is 4.59. The molecule has 19 heavy (non-hydrogen) atoms. The third kappa shape index (κ3) is 3.67. The minimum Gasteiger partial charge on any atom is -0.486 e. The molecule has 0 spiro atoms. The zero-order valence-electron chi connectivity index (χ0n) is 11.4. The number of ether oxygens (including phenoxy) is 2. The monoisotopic (exact) mass is 267 g/mol. The molecule has 0 bridgehead atoms. The van der Waals surface area contributed by atoms with Crippen LogP contribution in [0.2, 0.25) is 0 Å². The fourth-order valence-corrected chi connectivity index (χ4v) is 1.48. The molecule has 0 amide bonds. The van der Waals surface area contributed by atoms with Crippen LogP contribution in [-0.2, 0) is 9.53 Å². The molecule has 0 aromatic heterocycles. The number of rotatable bonds is 5. The quantitative estimate of drug-likeness (QED) is 0.465. The summed E-state index contributed by atoms with van der Waals surface area (Å²) in [5.74, 6) is -0.273. The molecule has 104 valence electrons. The van der Waals surface area contributed by atoms with Gasteiger partial charge >= 0.3 is 11.7 Å². The Kier molecular flexibility index (Phi) is 4.47. The minimum absolute atomic E-state index is 0.00394. The Hall–Kier alpha value is -2.11. The van der Waals surface area contributed by atoms with E-state index in [-0.39, 0.29) is 18.0 Å². The lowest BCUT2D eigenvalue weighted by molar-refractivity contribution is -0.386. The molecule has 0 aliphatic carbocycles. The fourth-order valence-electron chi connectivity index (χ4n) is 1.48. The summed E-state index contributed by atoms with van der Waals surface area (Å²) in [6.45, 7) is 5.12. The highest BCUT2D eigenvalue weighted by molar-refractivity contribution is 5.75. The summed E-state index contributed by atoms with van der Waals surface area (Å²) in [5.41, 5.74) is -0.144. The second-order valence-corrected chi connectivity index (χ2v) is 4.89. The van der Waals surface area contributed by atoms with Gasteiger partial charge < -0.3 is 9.47 Å². The number of methoxy groups -OCH3 is 1. The highest BCUT2D eigenvalue weighted by Gasteiger charge is 2.30. The van der Waals surface area contributed by atoms with Gasteiger partial charge in [0.25, 0.3) is 0 Å². The van der Waals surface area contributed by atoms with Crippen LogP contribution in [0.15, 0.2) is 18.2 Å². The van der Waals surface area contributed by atoms with E-state index in [1.807, 2.05) is 6.92 Å². The number of nitro groups is 1. The summed E-state index contributed by atoms with van der Waals surface area (Å²) in [7, 11) is 1.29. The molecule has 0 N–H and O–H groups in total. The Labute approximate surface area is 111 Å². The standard InChI is InChI=1S/C13H17NO5/c1-9-5-6-10(14(16)17)11(7-9)19-8-13(2,3)12(15)18-4/h5-7H,8H2,1-4H3. The van der Waals surface area contributed by atoms with Crippen molar-refractivity contribution in [1.29, 1.82) is 0 Å². The number of nitrogens with zero attached hydrogens (tertiary/aromatic N) is 1. The van der Waals surface area contributed by atoms with Crippen molar-refractivity contribution in [2.45, 2.75) is 20.8 Å². The molecule has 1 aromatic carbocycles. The highest BCUT2D eigenvalue weighted by atomic mass is 16.6. The molecule has 1 aromatic rings. The molecule has 0 aliphatic heterocycles. The number of esters is 1. The number of benzene rings is 1. The Balaban J connectivity index is 2.91. The molecule has 0 radical (unpaired) electrons. The van der Waals surface area contributed by atoms with E-state index in [1.54, 1.807) is 26.0 Å². The van der Waals surface area contributed by atoms with Gasteiger partial charge in [-0.2, -0.15) is 0 Å². The predicted octanol–water partition coefficient (Wildman–Crippen LogP) is 2.48. The van der Waals surface area contributed by atoms with Crippen molar-refractivity contribution in [3.63, 3.8) is 0 Å². The number of aryl methyl sites for hydroxylation is 1. The Morgan fingerprint density at radius 1 is 1.42 bits per heavy atom. The van der Waals surface area contributed by atoms with Crippen LogP contribution in [-0.4, -0.2) is 24.6 Å². The number of carbonyl (C=O) groups excluding carboxylic acids is 1. The van der Waals surface area contributed by atoms with E-state index >= 15 is 0 Å². The van der Waals surface area contributed by atoms with Gasteiger partial charge in [-0.25, -0.2) is 0 Å². The van der Waals surface area contributed by atoms with E-state index in [0.29, 0.717) is 0 Å². The summed E-state index contributed by atoms with van der Waals surface area (Å²) in [4.78, 5) is 21.9. The Bertz CT molecular complexity index is 496. The van der Waals surface area contributed by atoms with Gasteiger partial charge in [-0.05, 0) is 32.4 Å². The van der Waals surface area contributed by atoms with Crippen molar-refractivity contribution in [2.24, 2.45) is 5.41 Å². The van der Waals surface area contributed by atoms with Crippen LogP contribution in [0.4, 0.5) is 5.69 Å². The molecule has 0 heterocycles. The summed E-state index contributed by atoms with van der Waals surface area (Å²) in [6.07, 6.45) is 0. The molecule has 1 rings (SSSR count). The summed E-state index contributed by atoms with van der Waals surface area (Å²) < 4.78 is 10.1. The molecule has 0 saturated carbocycles. The molecular weight excluding hydrogens is 250 g/mol. The molecule has 0 fully saturated rings. The Morgan fingerprint density at radius 3 is 2.58 bits per heavy atom. The third-order valence-corrected chi connectivity index (χ3v) is 2.64. The maximum atomic E-state index is 11.5. The SMILES string of the molecule is COC(=O)C(C)(C)COc1cc(C)ccc1[N+](=O)[O-]. The maximum Gasteiger partial charge on any atom is 0.314 e. The first kappa shape index (κ1) is 14.9. The smallest absolute Gasteiger partial charge is 0.314 e. The van der Waals surface area contributed by atoms with Crippen LogP contribution < -0.4 is 4.74 Å². The normalized spacial score (nSPS) is 10.9. The first-order chi connectivity index (χ1) is 8.77. The summed E-state index contributed by atoms with van der Waals surface area (Å²) >= 11 is 0. The van der Waals surface area contributed by atoms with E-state index < -0.39 is 16.3 Å². The second-order valence-electron chi connectivity index (χ2n) is 4.89. The molecule has 6 heteroatoms. The number of carbonyl (C=O) groups is 1. The van der Waals surface area contributed by atoms with Crippen LogP contribution in [0.1, 0.15) is 19.4 Å². The van der Waals surface area contributed by atoms with Crippen molar-refractivity contribution in [3.8, 4) is 5.75 Å². The van der Waals surface area contributed by atoms with Crippen molar-refractivity contribution in [2.75, 3.05) is 13.7 Å². The number of hydrogen-bond acceptors (Lipinski definition) is 5. The average molecular weight is 267 g/mol. The predicted molar refractivity (Wildman–Crippen MR) is 69.1 cm³/mol. The Morgan fingerprint density at radius 2 is 2.05 bits per heavy atom. The van der Waals surface area contributed by atoms with Gasteiger partial charge in [0.2, 0.25) is 0 Å². The van der Waals surface area contributed by atoms with E-state index in [0.717, 1.165) is 5.56 Å². The zero-order valence-corrected chi connectivity index (χ0v) is 11.4. The lowest BCUT2D eigenvalue weighted by Gasteiger charge is -2.21. The highest BCUT2D eigenvalue weighted by Crippen LogP contribution is 2.29. The maximum absolute atomic E-state index is 11.5. The topological polar surface area (TPSA) is 78.7 Å². The molecule has 0 saturated heterocycles. The van der Waals surface area contributed by atoms with Crippen LogP contribution in [0.25, 0.3) is 0 Å². The largest absolute Gasteiger partial charge is 0.486 e. The average Bonchev–Trinajstić information content (AvgIpc) is 2.35. The molecule has 0 unspecified atom stereocenters. The first-order valence-corrected chi connectivity index (χ1v) is 5.74. The lowest BCUT2D eigenvalue weighted by Crippen LogP contribution is -2.32. The third-order valence-electron chi connectivity index (χ3n) is 2.64. The van der Waals surface area contributed by atoms with Crippen LogP contribution in [0.5, 0.6) is 5.75 Å². The van der Waals surface area contributed by atoms with Gasteiger partial charge in [-0.3, -0.25) is 14.9 Å². The van der Waals surface area contributed by atoms with Gasteiger partial charge in [0.05, 0.1) is 17.4 Å². The molecule has 6 nitrogen and oxygen atoms in total. The van der Waals surface area contributed by atoms with Crippen molar-refractivity contribution in [1.82, 2.24) is 0 Å². The lowest BCUT2D eigenvalue weighted by atomic mass is 9.95. The van der Waals surface area contributed by atoms with Gasteiger partial charge in [-0.1, -0.05) is 6.07 Å². The first-order valence-electron chi connectivity index (χ1n) is 5.74. The number of nitro benzene ring substituents is 1. The molecule has 0 aliphatic rings. The number of hydrogen-bond donors (Lipinski definition) is 0. The van der Waals surface area contributed by atoms with Crippen molar-refractivity contribution in [3.05, 3.63) is 33.9 Å². The fraction of sp³-hybridized carbons (Fsp3) is 0.462. The zero-order chi connectivity index (χ0) is 14.6. The van der Waals surface area contributed by atoms with E-state index in [9.17, 15) is 14.9 Å². The van der Waals surface area contributed by atoms with Gasteiger partial charge in [0.15, 0.2) is 5.75 Å². The van der Waals surface area contributed by atoms with Gasteiger partial charge in [0, 0.05) is 6.07 Å². The van der Waals surface area contributed by atoms with Gasteiger partial charge in [0.1, 0.15) is 6.61 Å². The van der Waals surface area contributed by atoms with Crippen molar-refractivity contribution >= 4 is 11.7 Å². The van der Waals surface area contributed by atoms with Crippen LogP contribution in [0, 0.1) is 22.5 Å².